The molecular formula is C24H29N7O3. The zero-order valence-corrected chi connectivity index (χ0v) is 19.0. The van der Waals surface area contributed by atoms with Gasteiger partial charge in [-0.3, -0.25) is 14.2 Å². The molecule has 0 saturated heterocycles. The number of nitrogens with zero attached hydrogens (tertiary/aromatic N) is 3. The van der Waals surface area contributed by atoms with Gasteiger partial charge in [-0.15, -0.1) is 0 Å². The van der Waals surface area contributed by atoms with E-state index in [1.807, 2.05) is 36.4 Å². The highest BCUT2D eigenvalue weighted by Crippen LogP contribution is 2.24. The SMILES string of the molecule is Cc1cnc(NCC(c2ccccc2)c2ccccc2)c(=O)n1CC(=O)NCCON=C(N)N. The van der Waals surface area contributed by atoms with Crippen LogP contribution in [0.4, 0.5) is 5.82 Å². The molecule has 0 spiro atoms. The van der Waals surface area contributed by atoms with Gasteiger partial charge in [-0.25, -0.2) is 4.98 Å². The first-order valence-electron chi connectivity index (χ1n) is 10.8. The number of oxime groups is 1. The summed E-state index contributed by atoms with van der Waals surface area (Å²) in [4.78, 5) is 34.5. The molecule has 0 unspecified atom stereocenters. The maximum absolute atomic E-state index is 13.0. The normalized spacial score (nSPS) is 10.5. The number of hydrogen-bond acceptors (Lipinski definition) is 6. The van der Waals surface area contributed by atoms with Crippen molar-refractivity contribution in [2.24, 2.45) is 16.6 Å². The molecule has 0 bridgehead atoms. The van der Waals surface area contributed by atoms with Crippen LogP contribution in [0.1, 0.15) is 22.7 Å². The Kier molecular flexibility index (Phi) is 8.61. The Bertz CT molecular complexity index is 1120. The van der Waals surface area contributed by atoms with Crippen molar-refractivity contribution in [2.75, 3.05) is 25.0 Å². The van der Waals surface area contributed by atoms with E-state index in [0.717, 1.165) is 11.1 Å². The van der Waals surface area contributed by atoms with Crippen molar-refractivity contribution >= 4 is 17.7 Å². The van der Waals surface area contributed by atoms with Crippen molar-refractivity contribution in [2.45, 2.75) is 19.4 Å². The van der Waals surface area contributed by atoms with E-state index in [0.29, 0.717) is 12.2 Å². The highest BCUT2D eigenvalue weighted by Gasteiger charge is 2.16. The Labute approximate surface area is 197 Å². The van der Waals surface area contributed by atoms with E-state index in [-0.39, 0.29) is 48.9 Å². The number of aryl methyl sites for hydroxylation is 1. The van der Waals surface area contributed by atoms with Gasteiger partial charge < -0.3 is 26.9 Å². The Morgan fingerprint density at radius 2 is 1.71 bits per heavy atom. The number of anilines is 1. The summed E-state index contributed by atoms with van der Waals surface area (Å²) in [5.74, 6) is -0.340. The lowest BCUT2D eigenvalue weighted by molar-refractivity contribution is -0.122. The lowest BCUT2D eigenvalue weighted by Gasteiger charge is -2.19. The molecule has 1 amide bonds. The third-order valence-electron chi connectivity index (χ3n) is 5.12. The van der Waals surface area contributed by atoms with Crippen LogP contribution in [0, 0.1) is 6.92 Å². The quantitative estimate of drug-likeness (QED) is 0.144. The molecule has 178 valence electrons. The second-order valence-electron chi connectivity index (χ2n) is 7.59. The first-order chi connectivity index (χ1) is 16.5. The first kappa shape index (κ1) is 24.3. The van der Waals surface area contributed by atoms with Gasteiger partial charge in [0.05, 0.1) is 6.54 Å². The number of carbonyl (C=O) groups is 1. The van der Waals surface area contributed by atoms with Gasteiger partial charge in [0.2, 0.25) is 11.9 Å². The highest BCUT2D eigenvalue weighted by atomic mass is 16.6. The molecule has 0 atom stereocenters. The van der Waals surface area contributed by atoms with Gasteiger partial charge in [-0.05, 0) is 23.2 Å². The van der Waals surface area contributed by atoms with E-state index in [9.17, 15) is 9.59 Å². The minimum absolute atomic E-state index is 0.0202. The summed E-state index contributed by atoms with van der Waals surface area (Å²) in [6.45, 7) is 2.33. The summed E-state index contributed by atoms with van der Waals surface area (Å²) in [6, 6.07) is 20.1. The summed E-state index contributed by atoms with van der Waals surface area (Å²) in [6.07, 6.45) is 1.57. The second kappa shape index (κ2) is 12.0. The van der Waals surface area contributed by atoms with E-state index >= 15 is 0 Å². The van der Waals surface area contributed by atoms with Gasteiger partial charge in [0, 0.05) is 24.4 Å². The van der Waals surface area contributed by atoms with Gasteiger partial charge >= 0.3 is 0 Å². The van der Waals surface area contributed by atoms with Crippen LogP contribution in [0.2, 0.25) is 0 Å². The number of guanidine groups is 1. The van der Waals surface area contributed by atoms with Crippen LogP contribution in [0.15, 0.2) is 76.8 Å². The van der Waals surface area contributed by atoms with E-state index in [1.165, 1.54) is 4.57 Å². The summed E-state index contributed by atoms with van der Waals surface area (Å²) < 4.78 is 1.38. The van der Waals surface area contributed by atoms with Crippen molar-refractivity contribution < 1.29 is 9.63 Å². The molecular weight excluding hydrogens is 434 g/mol. The molecule has 10 heteroatoms. The second-order valence-corrected chi connectivity index (χ2v) is 7.59. The van der Waals surface area contributed by atoms with E-state index < -0.39 is 0 Å². The average Bonchev–Trinajstić information content (AvgIpc) is 2.84. The number of nitrogens with two attached hydrogens (primary N) is 2. The van der Waals surface area contributed by atoms with Gasteiger partial charge in [0.15, 0.2) is 5.82 Å². The number of amides is 1. The number of benzene rings is 2. The number of carbonyl (C=O) groups excluding carboxylic acids is 1. The molecule has 1 heterocycles. The molecule has 10 nitrogen and oxygen atoms in total. The summed E-state index contributed by atoms with van der Waals surface area (Å²) in [5.41, 5.74) is 12.8. The van der Waals surface area contributed by atoms with Gasteiger partial charge in [-0.2, -0.15) is 0 Å². The van der Waals surface area contributed by atoms with Gasteiger partial charge in [0.1, 0.15) is 13.2 Å². The molecule has 0 aliphatic carbocycles. The van der Waals surface area contributed by atoms with Crippen LogP contribution in [0.5, 0.6) is 0 Å². The molecule has 0 saturated carbocycles. The largest absolute Gasteiger partial charge is 0.391 e. The molecule has 3 aromatic rings. The Morgan fingerprint density at radius 3 is 2.29 bits per heavy atom. The number of hydrogen-bond donors (Lipinski definition) is 4. The topological polar surface area (TPSA) is 150 Å². The van der Waals surface area contributed by atoms with E-state index in [4.69, 9.17) is 16.3 Å². The lowest BCUT2D eigenvalue weighted by atomic mass is 9.91. The number of nitrogens with one attached hydrogen (secondary N) is 2. The maximum Gasteiger partial charge on any atom is 0.293 e. The molecule has 0 aliphatic heterocycles. The minimum Gasteiger partial charge on any atom is -0.391 e. The zero-order valence-electron chi connectivity index (χ0n) is 19.0. The molecule has 3 rings (SSSR count). The predicted molar refractivity (Wildman–Crippen MR) is 131 cm³/mol. The number of aromatic nitrogens is 2. The monoisotopic (exact) mass is 463 g/mol. The summed E-state index contributed by atoms with van der Waals surface area (Å²) in [5, 5.41) is 9.22. The molecule has 1 aromatic heterocycles. The molecule has 0 aliphatic rings. The van der Waals surface area contributed by atoms with E-state index in [1.54, 1.807) is 13.1 Å². The average molecular weight is 464 g/mol. The fourth-order valence-corrected chi connectivity index (χ4v) is 3.44. The van der Waals surface area contributed by atoms with Crippen molar-refractivity contribution in [1.29, 1.82) is 0 Å². The van der Waals surface area contributed by atoms with Crippen LogP contribution < -0.4 is 27.7 Å². The van der Waals surface area contributed by atoms with E-state index in [2.05, 4.69) is 45.0 Å². The Morgan fingerprint density at radius 1 is 1.09 bits per heavy atom. The highest BCUT2D eigenvalue weighted by molar-refractivity contribution is 5.76. The van der Waals surface area contributed by atoms with Crippen molar-refractivity contribution in [1.82, 2.24) is 14.9 Å². The fourth-order valence-electron chi connectivity index (χ4n) is 3.44. The van der Waals surface area contributed by atoms with Crippen molar-refractivity contribution in [3.63, 3.8) is 0 Å². The van der Waals surface area contributed by atoms with Crippen LogP contribution in [-0.2, 0) is 16.2 Å². The third kappa shape index (κ3) is 6.83. The van der Waals surface area contributed by atoms with Crippen molar-refractivity contribution in [3.05, 3.63) is 94.0 Å². The van der Waals surface area contributed by atoms with Gasteiger partial charge in [0.25, 0.3) is 5.56 Å². The molecule has 0 radical (unpaired) electrons. The zero-order chi connectivity index (χ0) is 24.3. The molecule has 2 aromatic carbocycles. The van der Waals surface area contributed by atoms with Crippen molar-refractivity contribution in [3.8, 4) is 0 Å². The first-order valence-corrected chi connectivity index (χ1v) is 10.8. The summed E-state index contributed by atoms with van der Waals surface area (Å²) in [7, 11) is 0. The smallest absolute Gasteiger partial charge is 0.293 e. The van der Waals surface area contributed by atoms with Crippen LogP contribution in [-0.4, -0.2) is 41.1 Å². The van der Waals surface area contributed by atoms with Crippen LogP contribution in [0.3, 0.4) is 0 Å². The van der Waals surface area contributed by atoms with Gasteiger partial charge in [-0.1, -0.05) is 60.7 Å². The lowest BCUT2D eigenvalue weighted by Crippen LogP contribution is -2.36. The predicted octanol–water partition coefficient (Wildman–Crippen LogP) is 1.12. The standard InChI is InChI=1S/C24H29N7O3/c1-17-14-28-22(23(33)31(17)16-21(32)27-12-13-34-30-24(25)26)29-15-20(18-8-4-2-5-9-18)19-10-6-3-7-11-19/h2-11,14,20H,12-13,15-16H2,1H3,(H,27,32)(H,28,29)(H4,25,26,30). The molecule has 6 N–H and O–H groups in total. The number of rotatable bonds is 11. The third-order valence-corrected chi connectivity index (χ3v) is 5.12. The molecule has 0 fully saturated rings. The molecule has 34 heavy (non-hydrogen) atoms. The maximum atomic E-state index is 13.0. The Balaban J connectivity index is 1.69. The Hall–Kier alpha value is -4.34. The fraction of sp³-hybridized carbons (Fsp3) is 0.250. The summed E-state index contributed by atoms with van der Waals surface area (Å²) >= 11 is 0. The van der Waals surface area contributed by atoms with Crippen LogP contribution in [0.25, 0.3) is 0 Å². The minimum atomic E-state index is -0.369. The van der Waals surface area contributed by atoms with Crippen LogP contribution >= 0.6 is 0 Å².